The molecule has 28 heavy (non-hydrogen) atoms. The van der Waals surface area contributed by atoms with Crippen LogP contribution in [0, 0.1) is 6.92 Å². The number of hydrogen-bond acceptors (Lipinski definition) is 5. The normalized spacial score (nSPS) is 13.9. The highest BCUT2D eigenvalue weighted by Gasteiger charge is 2.30. The number of hydrogen-bond donors (Lipinski definition) is 0. The van der Waals surface area contributed by atoms with Gasteiger partial charge in [-0.15, -0.1) is 0 Å². The first-order valence-corrected chi connectivity index (χ1v) is 8.87. The number of ketones is 1. The molecule has 2 aromatic carbocycles. The number of aryl methyl sites for hydroxylation is 1. The van der Waals surface area contributed by atoms with Crippen molar-refractivity contribution in [2.24, 2.45) is 0 Å². The second-order valence-electron chi connectivity index (χ2n) is 6.18. The Kier molecular flexibility index (Phi) is 4.67. The van der Waals surface area contributed by atoms with Crippen molar-refractivity contribution in [3.63, 3.8) is 0 Å². The molecule has 0 radical (unpaired) electrons. The second kappa shape index (κ2) is 7.29. The van der Waals surface area contributed by atoms with E-state index in [1.54, 1.807) is 61.7 Å². The van der Waals surface area contributed by atoms with Gasteiger partial charge in [0.2, 0.25) is 5.78 Å². The SMILES string of the molecule is Cc1cc(OC(=O)c2ccccc2Cl)cc2c1C(=O)/C(=C/c1ccccn1)O2. The molecular formula is C22H14ClNO4. The van der Waals surface area contributed by atoms with Gasteiger partial charge in [0.15, 0.2) is 5.76 Å². The van der Waals surface area contributed by atoms with Gasteiger partial charge in [0.25, 0.3) is 0 Å². The van der Waals surface area contributed by atoms with Gasteiger partial charge in [0.1, 0.15) is 11.5 Å². The Morgan fingerprint density at radius 3 is 2.68 bits per heavy atom. The number of Topliss-reactive ketones (excluding diaryl/α,β-unsaturated/α-hetero) is 1. The molecule has 0 saturated heterocycles. The first kappa shape index (κ1) is 17.9. The average molecular weight is 392 g/mol. The van der Waals surface area contributed by atoms with Crippen LogP contribution < -0.4 is 9.47 Å². The molecule has 0 fully saturated rings. The molecule has 6 heteroatoms. The summed E-state index contributed by atoms with van der Waals surface area (Å²) in [7, 11) is 0. The van der Waals surface area contributed by atoms with Crippen LogP contribution in [-0.4, -0.2) is 16.7 Å². The lowest BCUT2D eigenvalue weighted by molar-refractivity contribution is 0.0734. The molecule has 0 aliphatic carbocycles. The van der Waals surface area contributed by atoms with Gasteiger partial charge in [-0.3, -0.25) is 9.78 Å². The minimum atomic E-state index is -0.585. The van der Waals surface area contributed by atoms with Gasteiger partial charge in [-0.1, -0.05) is 29.8 Å². The largest absolute Gasteiger partial charge is 0.452 e. The molecule has 0 saturated carbocycles. The molecule has 0 amide bonds. The van der Waals surface area contributed by atoms with Gasteiger partial charge < -0.3 is 9.47 Å². The highest BCUT2D eigenvalue weighted by Crippen LogP contribution is 2.37. The highest BCUT2D eigenvalue weighted by atomic mass is 35.5. The Morgan fingerprint density at radius 1 is 1.14 bits per heavy atom. The molecule has 5 nitrogen and oxygen atoms in total. The zero-order valence-electron chi connectivity index (χ0n) is 14.8. The van der Waals surface area contributed by atoms with Crippen LogP contribution in [0.2, 0.25) is 5.02 Å². The number of aromatic nitrogens is 1. The Morgan fingerprint density at radius 2 is 1.93 bits per heavy atom. The van der Waals surface area contributed by atoms with Crippen LogP contribution in [-0.2, 0) is 0 Å². The maximum Gasteiger partial charge on any atom is 0.345 e. The van der Waals surface area contributed by atoms with Gasteiger partial charge >= 0.3 is 5.97 Å². The first-order valence-electron chi connectivity index (χ1n) is 8.49. The number of halogens is 1. The van der Waals surface area contributed by atoms with Crippen LogP contribution in [0.5, 0.6) is 11.5 Å². The van der Waals surface area contributed by atoms with Gasteiger partial charge in [-0.2, -0.15) is 0 Å². The minimum Gasteiger partial charge on any atom is -0.452 e. The third-order valence-corrected chi connectivity index (χ3v) is 4.54. The highest BCUT2D eigenvalue weighted by molar-refractivity contribution is 6.33. The van der Waals surface area contributed by atoms with Gasteiger partial charge in [-0.05, 0) is 42.8 Å². The smallest absolute Gasteiger partial charge is 0.345 e. The molecule has 1 aliphatic rings. The number of esters is 1. The summed E-state index contributed by atoms with van der Waals surface area (Å²) in [4.78, 5) is 29.2. The molecule has 3 aromatic rings. The summed E-state index contributed by atoms with van der Waals surface area (Å²) >= 11 is 6.04. The third-order valence-electron chi connectivity index (χ3n) is 4.21. The summed E-state index contributed by atoms with van der Waals surface area (Å²) < 4.78 is 11.1. The number of carbonyl (C=O) groups is 2. The summed E-state index contributed by atoms with van der Waals surface area (Å²) in [6.45, 7) is 1.76. The number of pyridine rings is 1. The summed E-state index contributed by atoms with van der Waals surface area (Å²) in [5.41, 5.74) is 1.96. The lowest BCUT2D eigenvalue weighted by Gasteiger charge is -2.08. The Hall–Kier alpha value is -3.44. The quantitative estimate of drug-likeness (QED) is 0.361. The monoisotopic (exact) mass is 391 g/mol. The predicted octanol–water partition coefficient (Wildman–Crippen LogP) is 4.88. The maximum atomic E-state index is 12.7. The van der Waals surface area contributed by atoms with E-state index in [9.17, 15) is 9.59 Å². The van der Waals surface area contributed by atoms with E-state index < -0.39 is 5.97 Å². The standard InChI is InChI=1S/C22H14ClNO4/c1-13-10-15(27-22(26)16-7-2-3-8-17(16)23)12-18-20(13)21(25)19(28-18)11-14-6-4-5-9-24-14/h2-12H,1H3/b19-11-. The molecule has 0 atom stereocenters. The Bertz CT molecular complexity index is 1120. The molecule has 138 valence electrons. The van der Waals surface area contributed by atoms with E-state index in [4.69, 9.17) is 21.1 Å². The van der Waals surface area contributed by atoms with Crippen LogP contribution in [0.3, 0.4) is 0 Å². The van der Waals surface area contributed by atoms with Crippen LogP contribution in [0.25, 0.3) is 6.08 Å². The van der Waals surface area contributed by atoms with Gasteiger partial charge in [-0.25, -0.2) is 4.79 Å². The topological polar surface area (TPSA) is 65.5 Å². The van der Waals surface area contributed by atoms with Crippen molar-refractivity contribution >= 4 is 29.4 Å². The molecule has 1 aliphatic heterocycles. The van der Waals surface area contributed by atoms with Crippen LogP contribution in [0.1, 0.15) is 32.0 Å². The molecule has 0 unspecified atom stereocenters. The van der Waals surface area contributed by atoms with Crippen molar-refractivity contribution in [2.45, 2.75) is 6.92 Å². The van der Waals surface area contributed by atoms with Gasteiger partial charge in [0.05, 0.1) is 21.8 Å². The number of benzene rings is 2. The average Bonchev–Trinajstić information content (AvgIpc) is 2.98. The van der Waals surface area contributed by atoms with Crippen LogP contribution in [0.4, 0.5) is 0 Å². The molecule has 0 spiro atoms. The van der Waals surface area contributed by atoms with E-state index in [0.29, 0.717) is 27.6 Å². The lowest BCUT2D eigenvalue weighted by atomic mass is 10.0. The fraction of sp³-hybridized carbons (Fsp3) is 0.0455. The molecule has 0 N–H and O–H groups in total. The first-order chi connectivity index (χ1) is 13.5. The fourth-order valence-corrected chi connectivity index (χ4v) is 3.13. The number of carbonyl (C=O) groups excluding carboxylic acids is 2. The second-order valence-corrected chi connectivity index (χ2v) is 6.58. The van der Waals surface area contributed by atoms with Crippen molar-refractivity contribution in [3.05, 3.63) is 94.0 Å². The Labute approximate surface area is 166 Å². The molecule has 2 heterocycles. The van der Waals surface area contributed by atoms with Crippen molar-refractivity contribution in [2.75, 3.05) is 0 Å². The van der Waals surface area contributed by atoms with E-state index in [2.05, 4.69) is 4.98 Å². The number of nitrogens with zero attached hydrogens (tertiary/aromatic N) is 1. The van der Waals surface area contributed by atoms with E-state index in [1.807, 2.05) is 6.07 Å². The van der Waals surface area contributed by atoms with Crippen molar-refractivity contribution in [3.8, 4) is 11.5 Å². The molecular weight excluding hydrogens is 378 g/mol. The molecule has 0 bridgehead atoms. The minimum absolute atomic E-state index is 0.173. The zero-order chi connectivity index (χ0) is 19.7. The summed E-state index contributed by atoms with van der Waals surface area (Å²) in [5, 5.41) is 0.303. The predicted molar refractivity (Wildman–Crippen MR) is 105 cm³/mol. The molecule has 1 aromatic heterocycles. The number of allylic oxidation sites excluding steroid dienone is 1. The van der Waals surface area contributed by atoms with Crippen LogP contribution in [0.15, 0.2) is 66.6 Å². The summed E-state index contributed by atoms with van der Waals surface area (Å²) in [6.07, 6.45) is 3.22. The summed E-state index contributed by atoms with van der Waals surface area (Å²) in [5.74, 6) is -0.0331. The van der Waals surface area contributed by atoms with Crippen molar-refractivity contribution in [1.82, 2.24) is 4.98 Å². The molecule has 4 rings (SSSR count). The van der Waals surface area contributed by atoms with Crippen molar-refractivity contribution in [1.29, 1.82) is 0 Å². The van der Waals surface area contributed by atoms with E-state index in [0.717, 1.165) is 0 Å². The van der Waals surface area contributed by atoms with Gasteiger partial charge in [0, 0.05) is 18.3 Å². The summed E-state index contributed by atoms with van der Waals surface area (Å²) in [6, 6.07) is 15.2. The van der Waals surface area contributed by atoms with Crippen LogP contribution >= 0.6 is 11.6 Å². The number of fused-ring (bicyclic) bond motifs is 1. The Balaban J connectivity index is 1.63. The fourth-order valence-electron chi connectivity index (χ4n) is 2.92. The third kappa shape index (κ3) is 3.40. The van der Waals surface area contributed by atoms with E-state index in [-0.39, 0.29) is 22.9 Å². The van der Waals surface area contributed by atoms with Crippen molar-refractivity contribution < 1.29 is 19.1 Å². The maximum absolute atomic E-state index is 12.7. The lowest BCUT2D eigenvalue weighted by Crippen LogP contribution is -2.09. The number of ether oxygens (including phenoxy) is 2. The number of rotatable bonds is 3. The zero-order valence-corrected chi connectivity index (χ0v) is 15.6. The van der Waals surface area contributed by atoms with E-state index in [1.165, 1.54) is 6.07 Å². The van der Waals surface area contributed by atoms with E-state index >= 15 is 0 Å².